The minimum atomic E-state index is -0.947. The van der Waals surface area contributed by atoms with Crippen LogP contribution in [0.2, 0.25) is 0 Å². The summed E-state index contributed by atoms with van der Waals surface area (Å²) in [7, 11) is 0. The van der Waals surface area contributed by atoms with Crippen LogP contribution < -0.4 is 5.32 Å². The SMILES string of the molecule is CSCC(C)(O)CNC(=O)c1cc(-c2ccccc2)no1. The molecule has 0 radical (unpaired) electrons. The number of rotatable bonds is 6. The third kappa shape index (κ3) is 4.34. The molecule has 5 nitrogen and oxygen atoms in total. The van der Waals surface area contributed by atoms with E-state index in [0.717, 1.165) is 5.56 Å². The first kappa shape index (κ1) is 15.6. The van der Waals surface area contributed by atoms with Gasteiger partial charge in [-0.1, -0.05) is 35.5 Å². The molecule has 6 heteroatoms. The highest BCUT2D eigenvalue weighted by Gasteiger charge is 2.22. The van der Waals surface area contributed by atoms with Gasteiger partial charge < -0.3 is 14.9 Å². The molecule has 0 fully saturated rings. The van der Waals surface area contributed by atoms with Gasteiger partial charge in [0.25, 0.3) is 5.91 Å². The molecule has 0 saturated heterocycles. The molecule has 21 heavy (non-hydrogen) atoms. The summed E-state index contributed by atoms with van der Waals surface area (Å²) in [4.78, 5) is 12.0. The van der Waals surface area contributed by atoms with Gasteiger partial charge in [-0.05, 0) is 13.2 Å². The first-order valence-electron chi connectivity index (χ1n) is 6.53. The first-order valence-corrected chi connectivity index (χ1v) is 7.93. The van der Waals surface area contributed by atoms with Gasteiger partial charge in [0.15, 0.2) is 0 Å². The number of hydrogen-bond acceptors (Lipinski definition) is 5. The third-order valence-corrected chi connectivity index (χ3v) is 3.80. The van der Waals surface area contributed by atoms with E-state index in [0.29, 0.717) is 11.4 Å². The van der Waals surface area contributed by atoms with Gasteiger partial charge in [0.2, 0.25) is 5.76 Å². The molecule has 0 spiro atoms. The molecule has 1 heterocycles. The van der Waals surface area contributed by atoms with Crippen LogP contribution in [-0.2, 0) is 0 Å². The summed E-state index contributed by atoms with van der Waals surface area (Å²) in [6, 6.07) is 11.1. The number of carbonyl (C=O) groups is 1. The Labute approximate surface area is 127 Å². The molecule has 0 aliphatic rings. The van der Waals surface area contributed by atoms with Crippen LogP contribution in [0.4, 0.5) is 0 Å². The fourth-order valence-corrected chi connectivity index (χ4v) is 2.57. The molecule has 2 rings (SSSR count). The van der Waals surface area contributed by atoms with E-state index in [1.54, 1.807) is 13.0 Å². The molecule has 0 saturated carbocycles. The van der Waals surface area contributed by atoms with E-state index in [9.17, 15) is 9.90 Å². The maximum Gasteiger partial charge on any atom is 0.290 e. The Kier molecular flexibility index (Phi) is 5.03. The van der Waals surface area contributed by atoms with E-state index in [1.165, 1.54) is 11.8 Å². The van der Waals surface area contributed by atoms with Crippen molar-refractivity contribution in [1.29, 1.82) is 0 Å². The van der Waals surface area contributed by atoms with Crippen molar-refractivity contribution in [3.8, 4) is 11.3 Å². The van der Waals surface area contributed by atoms with E-state index in [2.05, 4.69) is 10.5 Å². The number of nitrogens with zero attached hydrogens (tertiary/aromatic N) is 1. The summed E-state index contributed by atoms with van der Waals surface area (Å²) in [5.41, 5.74) is 0.545. The Hall–Kier alpha value is -1.79. The Morgan fingerprint density at radius 3 is 2.81 bits per heavy atom. The smallest absolute Gasteiger partial charge is 0.290 e. The molecule has 1 unspecified atom stereocenters. The Morgan fingerprint density at radius 1 is 1.43 bits per heavy atom. The van der Waals surface area contributed by atoms with Crippen molar-refractivity contribution in [3.05, 3.63) is 42.2 Å². The molecule has 2 N–H and O–H groups in total. The van der Waals surface area contributed by atoms with Crippen molar-refractivity contribution in [3.63, 3.8) is 0 Å². The Balaban J connectivity index is 2.00. The van der Waals surface area contributed by atoms with Gasteiger partial charge in [-0.2, -0.15) is 11.8 Å². The molecule has 1 aromatic heterocycles. The predicted octanol–water partition coefficient (Wildman–Crippen LogP) is 2.19. The van der Waals surface area contributed by atoms with Crippen LogP contribution in [0, 0.1) is 0 Å². The van der Waals surface area contributed by atoms with Crippen LogP contribution in [-0.4, -0.2) is 40.3 Å². The van der Waals surface area contributed by atoms with Crippen LogP contribution in [0.5, 0.6) is 0 Å². The largest absolute Gasteiger partial charge is 0.387 e. The quantitative estimate of drug-likeness (QED) is 0.855. The van der Waals surface area contributed by atoms with Gasteiger partial charge in [0.05, 0.1) is 5.60 Å². The summed E-state index contributed by atoms with van der Waals surface area (Å²) in [5.74, 6) is 0.290. The normalized spacial score (nSPS) is 13.7. The highest BCUT2D eigenvalue weighted by Crippen LogP contribution is 2.18. The number of thioether (sulfide) groups is 1. The average Bonchev–Trinajstić information content (AvgIpc) is 2.96. The Morgan fingerprint density at radius 2 is 2.14 bits per heavy atom. The van der Waals surface area contributed by atoms with E-state index < -0.39 is 5.60 Å². The number of benzene rings is 1. The van der Waals surface area contributed by atoms with Crippen molar-refractivity contribution in [1.82, 2.24) is 10.5 Å². The van der Waals surface area contributed by atoms with Gasteiger partial charge in [-0.25, -0.2) is 0 Å². The number of hydrogen-bond donors (Lipinski definition) is 2. The molecule has 1 amide bonds. The maximum absolute atomic E-state index is 12.0. The van der Waals surface area contributed by atoms with Crippen molar-refractivity contribution in [2.75, 3.05) is 18.6 Å². The van der Waals surface area contributed by atoms with Crippen LogP contribution in [0.25, 0.3) is 11.3 Å². The highest BCUT2D eigenvalue weighted by molar-refractivity contribution is 7.98. The van der Waals surface area contributed by atoms with Gasteiger partial charge in [-0.15, -0.1) is 0 Å². The van der Waals surface area contributed by atoms with Gasteiger partial charge in [-0.3, -0.25) is 4.79 Å². The van der Waals surface area contributed by atoms with Crippen LogP contribution in [0.15, 0.2) is 40.9 Å². The van der Waals surface area contributed by atoms with Gasteiger partial charge in [0.1, 0.15) is 5.69 Å². The molecule has 0 aliphatic carbocycles. The Bertz CT molecular complexity index is 596. The monoisotopic (exact) mass is 306 g/mol. The highest BCUT2D eigenvalue weighted by atomic mass is 32.2. The summed E-state index contributed by atoms with van der Waals surface area (Å²) in [5, 5.41) is 16.6. The summed E-state index contributed by atoms with van der Waals surface area (Å²) < 4.78 is 5.06. The first-order chi connectivity index (χ1) is 10.0. The lowest BCUT2D eigenvalue weighted by atomic mass is 10.1. The average molecular weight is 306 g/mol. The number of nitrogens with one attached hydrogen (secondary N) is 1. The fourth-order valence-electron chi connectivity index (χ4n) is 1.85. The van der Waals surface area contributed by atoms with Crippen LogP contribution in [0.3, 0.4) is 0 Å². The molecular formula is C15H18N2O3S. The summed E-state index contributed by atoms with van der Waals surface area (Å²) in [6.45, 7) is 1.84. The number of aromatic nitrogens is 1. The zero-order valence-electron chi connectivity index (χ0n) is 12.0. The predicted molar refractivity (Wildman–Crippen MR) is 83.3 cm³/mol. The van der Waals surface area contributed by atoms with E-state index >= 15 is 0 Å². The van der Waals surface area contributed by atoms with Crippen molar-refractivity contribution >= 4 is 17.7 Å². The second kappa shape index (κ2) is 6.78. The molecular weight excluding hydrogens is 288 g/mol. The number of aliphatic hydroxyl groups is 1. The second-order valence-corrected chi connectivity index (χ2v) is 5.92. The number of carbonyl (C=O) groups excluding carboxylic acids is 1. The summed E-state index contributed by atoms with van der Waals surface area (Å²) in [6.07, 6.45) is 1.90. The summed E-state index contributed by atoms with van der Waals surface area (Å²) >= 11 is 1.52. The lowest BCUT2D eigenvalue weighted by Crippen LogP contribution is -2.42. The zero-order chi connectivity index (χ0) is 15.3. The van der Waals surface area contributed by atoms with Crippen LogP contribution in [0.1, 0.15) is 17.5 Å². The standard InChI is InChI=1S/C15H18N2O3S/c1-15(19,10-21-2)9-16-14(18)13-8-12(17-20-13)11-6-4-3-5-7-11/h3-8,19H,9-10H2,1-2H3,(H,16,18). The number of amides is 1. The molecule has 1 aromatic carbocycles. The maximum atomic E-state index is 12.0. The van der Waals surface area contributed by atoms with Gasteiger partial charge >= 0.3 is 0 Å². The van der Waals surface area contributed by atoms with Gasteiger partial charge in [0, 0.05) is 23.9 Å². The van der Waals surface area contributed by atoms with Crippen LogP contribution >= 0.6 is 11.8 Å². The second-order valence-electron chi connectivity index (χ2n) is 5.06. The van der Waals surface area contributed by atoms with E-state index in [4.69, 9.17) is 4.52 Å². The molecule has 112 valence electrons. The zero-order valence-corrected chi connectivity index (χ0v) is 12.8. The third-order valence-electron chi connectivity index (χ3n) is 2.89. The lowest BCUT2D eigenvalue weighted by molar-refractivity contribution is 0.0705. The van der Waals surface area contributed by atoms with Crippen molar-refractivity contribution < 1.29 is 14.4 Å². The molecule has 0 aliphatic heterocycles. The topological polar surface area (TPSA) is 75.4 Å². The van der Waals surface area contributed by atoms with Crippen molar-refractivity contribution in [2.45, 2.75) is 12.5 Å². The minimum absolute atomic E-state index is 0.133. The van der Waals surface area contributed by atoms with Crippen molar-refractivity contribution in [2.24, 2.45) is 0 Å². The van der Waals surface area contributed by atoms with E-state index in [1.807, 2.05) is 36.6 Å². The molecule has 0 bridgehead atoms. The molecule has 2 aromatic rings. The fraction of sp³-hybridized carbons (Fsp3) is 0.333. The van der Waals surface area contributed by atoms with E-state index in [-0.39, 0.29) is 18.2 Å². The minimum Gasteiger partial charge on any atom is -0.387 e. The lowest BCUT2D eigenvalue weighted by Gasteiger charge is -2.21. The molecule has 1 atom stereocenters.